The SMILES string of the molecule is O=[N+]([O-])c1ccc2nc(NCC3CCCN3)ccc2c1. The van der Waals surface area contributed by atoms with E-state index in [2.05, 4.69) is 15.6 Å². The molecule has 1 unspecified atom stereocenters. The van der Waals surface area contributed by atoms with Gasteiger partial charge in [-0.25, -0.2) is 4.98 Å². The summed E-state index contributed by atoms with van der Waals surface area (Å²) in [5.74, 6) is 0.806. The van der Waals surface area contributed by atoms with Crippen molar-refractivity contribution in [3.8, 4) is 0 Å². The number of hydrogen-bond acceptors (Lipinski definition) is 5. The first-order valence-electron chi connectivity index (χ1n) is 6.75. The van der Waals surface area contributed by atoms with Gasteiger partial charge in [-0.2, -0.15) is 0 Å². The maximum atomic E-state index is 10.7. The Hall–Kier alpha value is -2.21. The summed E-state index contributed by atoms with van der Waals surface area (Å²) < 4.78 is 0. The van der Waals surface area contributed by atoms with E-state index in [1.165, 1.54) is 18.9 Å². The van der Waals surface area contributed by atoms with Gasteiger partial charge in [0.25, 0.3) is 5.69 Å². The van der Waals surface area contributed by atoms with Gasteiger partial charge in [-0.3, -0.25) is 10.1 Å². The van der Waals surface area contributed by atoms with Gasteiger partial charge in [0.2, 0.25) is 0 Å². The summed E-state index contributed by atoms with van der Waals surface area (Å²) in [7, 11) is 0. The van der Waals surface area contributed by atoms with E-state index in [-0.39, 0.29) is 5.69 Å². The third-order valence-corrected chi connectivity index (χ3v) is 3.58. The Morgan fingerprint density at radius 2 is 2.30 bits per heavy atom. The molecule has 6 heteroatoms. The van der Waals surface area contributed by atoms with Gasteiger partial charge in [0.15, 0.2) is 0 Å². The molecule has 0 amide bonds. The number of nitro groups is 1. The lowest BCUT2D eigenvalue weighted by molar-refractivity contribution is -0.384. The monoisotopic (exact) mass is 272 g/mol. The molecule has 0 radical (unpaired) electrons. The van der Waals surface area contributed by atoms with Crippen molar-refractivity contribution >= 4 is 22.4 Å². The maximum absolute atomic E-state index is 10.7. The van der Waals surface area contributed by atoms with Gasteiger partial charge < -0.3 is 10.6 Å². The fourth-order valence-corrected chi connectivity index (χ4v) is 2.48. The number of hydrogen-bond donors (Lipinski definition) is 2. The largest absolute Gasteiger partial charge is 0.368 e. The van der Waals surface area contributed by atoms with Crippen LogP contribution in [0, 0.1) is 10.1 Å². The number of pyridine rings is 1. The van der Waals surface area contributed by atoms with Crippen molar-refractivity contribution in [3.63, 3.8) is 0 Å². The molecule has 1 aromatic carbocycles. The van der Waals surface area contributed by atoms with Crippen molar-refractivity contribution in [2.45, 2.75) is 18.9 Å². The van der Waals surface area contributed by atoms with Gasteiger partial charge in [0.1, 0.15) is 5.82 Å². The van der Waals surface area contributed by atoms with Crippen LogP contribution < -0.4 is 10.6 Å². The van der Waals surface area contributed by atoms with Crippen molar-refractivity contribution in [1.29, 1.82) is 0 Å². The Morgan fingerprint density at radius 1 is 1.40 bits per heavy atom. The summed E-state index contributed by atoms with van der Waals surface area (Å²) in [6, 6.07) is 8.94. The standard InChI is InChI=1S/C14H16N4O2/c19-18(20)12-4-5-13-10(8-12)3-6-14(17-13)16-9-11-2-1-7-15-11/h3-6,8,11,15H,1-2,7,9H2,(H,16,17). The van der Waals surface area contributed by atoms with Crippen LogP contribution >= 0.6 is 0 Å². The van der Waals surface area contributed by atoms with Crippen LogP contribution in [0.4, 0.5) is 11.5 Å². The Balaban J connectivity index is 1.76. The van der Waals surface area contributed by atoms with Crippen molar-refractivity contribution in [2.24, 2.45) is 0 Å². The fraction of sp³-hybridized carbons (Fsp3) is 0.357. The molecule has 1 fully saturated rings. The van der Waals surface area contributed by atoms with Gasteiger partial charge in [0, 0.05) is 30.1 Å². The predicted octanol–water partition coefficient (Wildman–Crippen LogP) is 2.31. The predicted molar refractivity (Wildman–Crippen MR) is 77.9 cm³/mol. The number of fused-ring (bicyclic) bond motifs is 1. The number of aromatic nitrogens is 1. The summed E-state index contributed by atoms with van der Waals surface area (Å²) in [6.45, 7) is 1.94. The molecule has 2 aromatic rings. The number of nitrogens with one attached hydrogen (secondary N) is 2. The first-order chi connectivity index (χ1) is 9.72. The summed E-state index contributed by atoms with van der Waals surface area (Å²) in [6.07, 6.45) is 2.41. The molecule has 1 aliphatic heterocycles. The first kappa shape index (κ1) is 12.8. The molecule has 104 valence electrons. The highest BCUT2D eigenvalue weighted by molar-refractivity contribution is 5.82. The second kappa shape index (κ2) is 5.42. The van der Waals surface area contributed by atoms with Crippen LogP contribution in [0.2, 0.25) is 0 Å². The van der Waals surface area contributed by atoms with Crippen molar-refractivity contribution < 1.29 is 4.92 Å². The smallest absolute Gasteiger partial charge is 0.270 e. The van der Waals surface area contributed by atoms with E-state index in [1.54, 1.807) is 12.1 Å². The molecule has 0 aliphatic carbocycles. The van der Waals surface area contributed by atoms with E-state index in [0.717, 1.165) is 29.8 Å². The van der Waals surface area contributed by atoms with E-state index in [4.69, 9.17) is 0 Å². The highest BCUT2D eigenvalue weighted by atomic mass is 16.6. The Labute approximate surface area is 116 Å². The number of nitrogens with zero attached hydrogens (tertiary/aromatic N) is 2. The summed E-state index contributed by atoms with van der Waals surface area (Å²) in [5, 5.41) is 18.2. The van der Waals surface area contributed by atoms with Crippen molar-refractivity contribution in [3.05, 3.63) is 40.4 Å². The van der Waals surface area contributed by atoms with E-state index < -0.39 is 4.92 Å². The minimum Gasteiger partial charge on any atom is -0.368 e. The van der Waals surface area contributed by atoms with Crippen molar-refractivity contribution in [1.82, 2.24) is 10.3 Å². The minimum atomic E-state index is -0.392. The lowest BCUT2D eigenvalue weighted by Gasteiger charge is -2.12. The van der Waals surface area contributed by atoms with Crippen LogP contribution in [0.5, 0.6) is 0 Å². The van der Waals surface area contributed by atoms with Gasteiger partial charge in [-0.15, -0.1) is 0 Å². The van der Waals surface area contributed by atoms with Crippen molar-refractivity contribution in [2.75, 3.05) is 18.4 Å². The van der Waals surface area contributed by atoms with E-state index in [9.17, 15) is 10.1 Å². The zero-order valence-electron chi connectivity index (χ0n) is 11.0. The van der Waals surface area contributed by atoms with Gasteiger partial charge >= 0.3 is 0 Å². The second-order valence-electron chi connectivity index (χ2n) is 5.00. The Kier molecular flexibility index (Phi) is 3.47. The number of benzene rings is 1. The van der Waals surface area contributed by atoms with E-state index in [0.29, 0.717) is 6.04 Å². The lowest BCUT2D eigenvalue weighted by Crippen LogP contribution is -2.29. The summed E-state index contributed by atoms with van der Waals surface area (Å²) in [5.41, 5.74) is 0.857. The Bertz CT molecular complexity index is 638. The lowest BCUT2D eigenvalue weighted by atomic mass is 10.2. The molecule has 1 aliphatic rings. The molecule has 1 saturated heterocycles. The molecule has 0 saturated carbocycles. The molecule has 2 heterocycles. The van der Waals surface area contributed by atoms with Crippen LogP contribution in [0.25, 0.3) is 10.9 Å². The van der Waals surface area contributed by atoms with Crippen LogP contribution in [-0.2, 0) is 0 Å². The van der Waals surface area contributed by atoms with Gasteiger partial charge in [0.05, 0.1) is 10.4 Å². The van der Waals surface area contributed by atoms with E-state index >= 15 is 0 Å². The van der Waals surface area contributed by atoms with Gasteiger partial charge in [-0.05, 0) is 37.6 Å². The molecular formula is C14H16N4O2. The molecule has 1 aromatic heterocycles. The topological polar surface area (TPSA) is 80.1 Å². The minimum absolute atomic E-state index is 0.0927. The molecule has 6 nitrogen and oxygen atoms in total. The van der Waals surface area contributed by atoms with Crippen LogP contribution in [0.1, 0.15) is 12.8 Å². The fourth-order valence-electron chi connectivity index (χ4n) is 2.48. The number of anilines is 1. The number of rotatable bonds is 4. The number of non-ortho nitro benzene ring substituents is 1. The normalized spacial score (nSPS) is 18.3. The second-order valence-corrected chi connectivity index (χ2v) is 5.00. The van der Waals surface area contributed by atoms with Gasteiger partial charge in [-0.1, -0.05) is 0 Å². The zero-order valence-corrected chi connectivity index (χ0v) is 11.0. The molecule has 3 rings (SSSR count). The molecule has 2 N–H and O–H groups in total. The number of nitro benzene ring substituents is 1. The highest BCUT2D eigenvalue weighted by Crippen LogP contribution is 2.21. The Morgan fingerprint density at radius 3 is 3.05 bits per heavy atom. The van der Waals surface area contributed by atoms with Crippen LogP contribution in [-0.4, -0.2) is 29.0 Å². The molecule has 0 bridgehead atoms. The third-order valence-electron chi connectivity index (χ3n) is 3.58. The third kappa shape index (κ3) is 2.70. The molecule has 1 atom stereocenters. The average Bonchev–Trinajstić information content (AvgIpc) is 2.97. The molecule has 0 spiro atoms. The van der Waals surface area contributed by atoms with Crippen LogP contribution in [0.3, 0.4) is 0 Å². The highest BCUT2D eigenvalue weighted by Gasteiger charge is 2.13. The van der Waals surface area contributed by atoms with Crippen LogP contribution in [0.15, 0.2) is 30.3 Å². The first-order valence-corrected chi connectivity index (χ1v) is 6.75. The quantitative estimate of drug-likeness (QED) is 0.659. The molecular weight excluding hydrogens is 256 g/mol. The average molecular weight is 272 g/mol. The van der Waals surface area contributed by atoms with E-state index in [1.807, 2.05) is 12.1 Å². The maximum Gasteiger partial charge on any atom is 0.270 e. The molecule has 20 heavy (non-hydrogen) atoms. The zero-order chi connectivity index (χ0) is 13.9. The summed E-state index contributed by atoms with van der Waals surface area (Å²) >= 11 is 0. The summed E-state index contributed by atoms with van der Waals surface area (Å²) in [4.78, 5) is 14.8.